The summed E-state index contributed by atoms with van der Waals surface area (Å²) in [5, 5.41) is 8.88. The molecule has 2 aliphatic rings. The van der Waals surface area contributed by atoms with Crippen LogP contribution in [0.5, 0.6) is 0 Å². The maximum Gasteiger partial charge on any atom is 0.225 e. The minimum Gasteiger partial charge on any atom is -0.355 e. The summed E-state index contributed by atoms with van der Waals surface area (Å²) in [6.45, 7) is 5.18. The highest BCUT2D eigenvalue weighted by atomic mass is 16.2. The van der Waals surface area contributed by atoms with E-state index in [1.165, 1.54) is 12.8 Å². The summed E-state index contributed by atoms with van der Waals surface area (Å²) in [6, 6.07) is 7.85. The number of carbonyl (C=O) groups excluding carboxylic acids is 2. The van der Waals surface area contributed by atoms with E-state index in [1.807, 2.05) is 36.7 Å². The van der Waals surface area contributed by atoms with E-state index in [-0.39, 0.29) is 24.2 Å². The van der Waals surface area contributed by atoms with Crippen molar-refractivity contribution in [2.24, 2.45) is 11.8 Å². The van der Waals surface area contributed by atoms with E-state index in [0.29, 0.717) is 13.1 Å². The fourth-order valence-corrected chi connectivity index (χ4v) is 3.75. The number of benzene rings is 1. The second kappa shape index (κ2) is 9.11. The molecule has 2 aromatic rings. The molecule has 158 valence electrons. The number of amides is 2. The van der Waals surface area contributed by atoms with Crippen molar-refractivity contribution >= 4 is 29.1 Å². The van der Waals surface area contributed by atoms with E-state index < -0.39 is 0 Å². The minimum absolute atomic E-state index is 0.0619. The van der Waals surface area contributed by atoms with Crippen LogP contribution < -0.4 is 20.9 Å². The van der Waals surface area contributed by atoms with Gasteiger partial charge in [0.1, 0.15) is 0 Å². The van der Waals surface area contributed by atoms with Crippen LogP contribution in [0.2, 0.25) is 0 Å². The number of aromatic nitrogens is 2. The van der Waals surface area contributed by atoms with E-state index in [9.17, 15) is 9.59 Å². The van der Waals surface area contributed by atoms with Gasteiger partial charge in [-0.15, -0.1) is 0 Å². The van der Waals surface area contributed by atoms with Crippen LogP contribution >= 0.6 is 0 Å². The molecule has 2 saturated heterocycles. The van der Waals surface area contributed by atoms with Crippen molar-refractivity contribution in [3.63, 3.8) is 0 Å². The standard InChI is InChI=1S/C22H28N6O2/c1-15-6-8-28(9-7-15)22-25-13-19(14-26-22)27-18-4-2-16(3-5-18)11-24-21(30)17-10-20(29)23-12-17/h2-5,13-15,17,27H,6-12H2,1H3,(H,23,29)(H,24,30). The van der Waals surface area contributed by atoms with Gasteiger partial charge in [0.25, 0.3) is 0 Å². The topological polar surface area (TPSA) is 99.3 Å². The van der Waals surface area contributed by atoms with Crippen molar-refractivity contribution in [1.82, 2.24) is 20.6 Å². The Morgan fingerprint density at radius 2 is 1.83 bits per heavy atom. The maximum atomic E-state index is 12.1. The average Bonchev–Trinajstić information content (AvgIpc) is 3.21. The number of carbonyl (C=O) groups is 2. The van der Waals surface area contributed by atoms with Gasteiger partial charge in [-0.1, -0.05) is 19.1 Å². The summed E-state index contributed by atoms with van der Waals surface area (Å²) >= 11 is 0. The highest BCUT2D eigenvalue weighted by Gasteiger charge is 2.27. The molecular formula is C22H28N6O2. The van der Waals surface area contributed by atoms with Crippen molar-refractivity contribution in [2.45, 2.75) is 32.7 Å². The Balaban J connectivity index is 1.27. The molecule has 3 N–H and O–H groups in total. The van der Waals surface area contributed by atoms with Crippen LogP contribution in [-0.2, 0) is 16.1 Å². The molecule has 0 radical (unpaired) electrons. The van der Waals surface area contributed by atoms with Crippen LogP contribution in [0.1, 0.15) is 31.7 Å². The predicted molar refractivity (Wildman–Crippen MR) is 115 cm³/mol. The van der Waals surface area contributed by atoms with Crippen molar-refractivity contribution < 1.29 is 9.59 Å². The zero-order valence-corrected chi connectivity index (χ0v) is 17.2. The van der Waals surface area contributed by atoms with Gasteiger partial charge < -0.3 is 20.9 Å². The van der Waals surface area contributed by atoms with E-state index in [2.05, 4.69) is 37.7 Å². The summed E-state index contributed by atoms with van der Waals surface area (Å²) < 4.78 is 0. The van der Waals surface area contributed by atoms with Crippen LogP contribution in [0.3, 0.4) is 0 Å². The number of hydrogen-bond donors (Lipinski definition) is 3. The van der Waals surface area contributed by atoms with E-state index in [4.69, 9.17) is 0 Å². The van der Waals surface area contributed by atoms with Gasteiger partial charge in [-0.25, -0.2) is 9.97 Å². The van der Waals surface area contributed by atoms with Crippen LogP contribution in [0.15, 0.2) is 36.7 Å². The van der Waals surface area contributed by atoms with Gasteiger partial charge in [-0.3, -0.25) is 9.59 Å². The third-order valence-electron chi connectivity index (χ3n) is 5.76. The summed E-state index contributed by atoms with van der Waals surface area (Å²) in [6.07, 6.45) is 6.26. The molecule has 4 rings (SSSR count). The van der Waals surface area contributed by atoms with Gasteiger partial charge in [0.05, 0.1) is 24.0 Å². The zero-order valence-electron chi connectivity index (χ0n) is 17.2. The smallest absolute Gasteiger partial charge is 0.225 e. The molecule has 0 bridgehead atoms. The highest BCUT2D eigenvalue weighted by molar-refractivity contribution is 5.89. The molecule has 2 fully saturated rings. The molecule has 0 spiro atoms. The summed E-state index contributed by atoms with van der Waals surface area (Å²) in [5.41, 5.74) is 2.76. The Morgan fingerprint density at radius 1 is 1.13 bits per heavy atom. The normalized spacial score (nSPS) is 19.4. The third kappa shape index (κ3) is 5.06. The number of anilines is 3. The fraction of sp³-hybridized carbons (Fsp3) is 0.455. The summed E-state index contributed by atoms with van der Waals surface area (Å²) in [5.74, 6) is 1.15. The lowest BCUT2D eigenvalue weighted by Gasteiger charge is -2.30. The first-order chi connectivity index (χ1) is 14.6. The quantitative estimate of drug-likeness (QED) is 0.678. The fourth-order valence-electron chi connectivity index (χ4n) is 3.75. The van der Waals surface area contributed by atoms with Gasteiger partial charge in [0.15, 0.2) is 0 Å². The van der Waals surface area contributed by atoms with Crippen molar-refractivity contribution in [2.75, 3.05) is 29.9 Å². The molecule has 1 atom stereocenters. The monoisotopic (exact) mass is 408 g/mol. The van der Waals surface area contributed by atoms with Crippen LogP contribution in [0.25, 0.3) is 0 Å². The molecule has 8 heteroatoms. The maximum absolute atomic E-state index is 12.1. The van der Waals surface area contributed by atoms with E-state index in [1.54, 1.807) is 0 Å². The molecule has 30 heavy (non-hydrogen) atoms. The van der Waals surface area contributed by atoms with Gasteiger partial charge in [-0.05, 0) is 36.5 Å². The predicted octanol–water partition coefficient (Wildman–Crippen LogP) is 2.21. The Bertz CT molecular complexity index is 876. The van der Waals surface area contributed by atoms with Crippen molar-refractivity contribution in [3.8, 4) is 0 Å². The molecule has 0 saturated carbocycles. The lowest BCUT2D eigenvalue weighted by Crippen LogP contribution is -2.33. The van der Waals surface area contributed by atoms with Crippen molar-refractivity contribution in [1.29, 1.82) is 0 Å². The van der Waals surface area contributed by atoms with Crippen LogP contribution in [0.4, 0.5) is 17.3 Å². The average molecular weight is 409 g/mol. The number of piperidine rings is 1. The van der Waals surface area contributed by atoms with E-state index in [0.717, 1.165) is 41.9 Å². The number of nitrogens with one attached hydrogen (secondary N) is 3. The van der Waals surface area contributed by atoms with Crippen molar-refractivity contribution in [3.05, 3.63) is 42.2 Å². The Hall–Kier alpha value is -3.16. The first kappa shape index (κ1) is 20.1. The van der Waals surface area contributed by atoms with E-state index >= 15 is 0 Å². The molecule has 1 aromatic heterocycles. The van der Waals surface area contributed by atoms with Gasteiger partial charge >= 0.3 is 0 Å². The van der Waals surface area contributed by atoms with Gasteiger partial charge in [0, 0.05) is 38.3 Å². The summed E-state index contributed by atoms with van der Waals surface area (Å²) in [4.78, 5) is 34.6. The Morgan fingerprint density at radius 3 is 2.47 bits per heavy atom. The molecule has 2 amide bonds. The molecule has 2 aliphatic heterocycles. The highest BCUT2D eigenvalue weighted by Crippen LogP contribution is 2.21. The number of nitrogens with zero attached hydrogens (tertiary/aromatic N) is 3. The number of hydrogen-bond acceptors (Lipinski definition) is 6. The molecule has 0 aliphatic carbocycles. The lowest BCUT2D eigenvalue weighted by molar-refractivity contribution is -0.126. The molecular weight excluding hydrogens is 380 g/mol. The Kier molecular flexibility index (Phi) is 6.11. The summed E-state index contributed by atoms with van der Waals surface area (Å²) in [7, 11) is 0. The van der Waals surface area contributed by atoms with Crippen LogP contribution in [0, 0.1) is 11.8 Å². The zero-order chi connectivity index (χ0) is 20.9. The SMILES string of the molecule is CC1CCN(c2ncc(Nc3ccc(CNC(=O)C4CNC(=O)C4)cc3)cn2)CC1. The first-order valence-electron chi connectivity index (χ1n) is 10.5. The second-order valence-electron chi connectivity index (χ2n) is 8.19. The minimum atomic E-state index is -0.269. The molecule has 1 unspecified atom stereocenters. The first-order valence-corrected chi connectivity index (χ1v) is 10.5. The van der Waals surface area contributed by atoms with Gasteiger partial charge in [0.2, 0.25) is 17.8 Å². The Labute approximate surface area is 176 Å². The molecule has 3 heterocycles. The third-order valence-corrected chi connectivity index (χ3v) is 5.76. The number of rotatable bonds is 6. The largest absolute Gasteiger partial charge is 0.355 e. The van der Waals surface area contributed by atoms with Crippen LogP contribution in [-0.4, -0.2) is 41.4 Å². The lowest BCUT2D eigenvalue weighted by atomic mass is 10.00. The molecule has 8 nitrogen and oxygen atoms in total. The molecule has 1 aromatic carbocycles. The van der Waals surface area contributed by atoms with Gasteiger partial charge in [-0.2, -0.15) is 0 Å². The second-order valence-corrected chi connectivity index (χ2v) is 8.19.